The molecule has 1 fully saturated rings. The van der Waals surface area contributed by atoms with Crippen LogP contribution < -0.4 is 15.8 Å². The molecule has 3 rings (SSSR count). The number of aromatic nitrogens is 2. The second kappa shape index (κ2) is 13.3. The second-order valence-electron chi connectivity index (χ2n) is 11.5. The number of carbonyl (C=O) groups is 2. The van der Waals surface area contributed by atoms with Crippen LogP contribution in [0.2, 0.25) is 5.02 Å². The van der Waals surface area contributed by atoms with Crippen LogP contribution in [-0.2, 0) is 27.5 Å². The molecule has 18 heteroatoms. The Bertz CT molecular complexity index is 1530. The minimum atomic E-state index is -4.58. The maximum Gasteiger partial charge on any atom is 0.404 e. The molecule has 4 N–H and O–H groups in total. The van der Waals surface area contributed by atoms with Gasteiger partial charge in [0.05, 0.1) is 27.9 Å². The van der Waals surface area contributed by atoms with Gasteiger partial charge in [0.2, 0.25) is 0 Å². The summed E-state index contributed by atoms with van der Waals surface area (Å²) in [6.45, 7) is -0.254. The van der Waals surface area contributed by atoms with E-state index in [1.54, 1.807) is 6.92 Å². The number of nitrogens with one attached hydrogen (secondary N) is 1. The van der Waals surface area contributed by atoms with Crippen molar-refractivity contribution in [3.8, 4) is 17.0 Å². The number of hydrogen-bond acceptors (Lipinski definition) is 8. The van der Waals surface area contributed by atoms with E-state index in [9.17, 15) is 45.1 Å². The number of carbonyl (C=O) groups excluding carboxylic acids is 2. The van der Waals surface area contributed by atoms with Crippen LogP contribution >= 0.6 is 11.6 Å². The van der Waals surface area contributed by atoms with E-state index in [1.165, 1.54) is 16.8 Å². The van der Waals surface area contributed by atoms with Gasteiger partial charge < -0.3 is 25.6 Å². The van der Waals surface area contributed by atoms with E-state index in [1.807, 2.05) is 0 Å². The number of benzene rings is 1. The molecule has 3 unspecified atom stereocenters. The molecule has 0 spiro atoms. The molecule has 1 aromatic heterocycles. The normalized spacial score (nSPS) is 21.1. The summed E-state index contributed by atoms with van der Waals surface area (Å²) in [6, 6.07) is 3.58. The number of aryl methyl sites for hydroxylation is 1. The first-order chi connectivity index (χ1) is 20.6. The Balaban J connectivity index is 1.94. The molecule has 1 saturated carbocycles. The predicted octanol–water partition coefficient (Wildman–Crippen LogP) is 4.48. The summed E-state index contributed by atoms with van der Waals surface area (Å²) in [5, 5.41) is 16.6. The first kappa shape index (κ1) is 36.3. The highest BCUT2D eigenvalue weighted by Crippen LogP contribution is 2.43. The quantitative estimate of drug-likeness (QED) is 0.291. The Morgan fingerprint density at radius 3 is 2.47 bits per heavy atom. The topological polar surface area (TPSA) is 163 Å². The first-order valence-electron chi connectivity index (χ1n) is 13.7. The van der Waals surface area contributed by atoms with Crippen LogP contribution in [0, 0.1) is 5.41 Å². The second-order valence-corrected chi connectivity index (χ2v) is 14.2. The van der Waals surface area contributed by atoms with Crippen molar-refractivity contribution in [3.05, 3.63) is 34.5 Å². The lowest BCUT2D eigenvalue weighted by atomic mass is 9.81. The molecule has 2 amide bonds. The summed E-state index contributed by atoms with van der Waals surface area (Å²) >= 11 is 6.52. The summed E-state index contributed by atoms with van der Waals surface area (Å²) < 4.78 is 102. The smallest absolute Gasteiger partial charge is 0.404 e. The van der Waals surface area contributed by atoms with Crippen LogP contribution in [0.4, 0.5) is 26.7 Å². The van der Waals surface area contributed by atoms with Gasteiger partial charge in [-0.2, -0.15) is 27.1 Å². The Morgan fingerprint density at radius 2 is 1.93 bits per heavy atom. The number of nitrogens with two attached hydrogens (primary N) is 1. The summed E-state index contributed by atoms with van der Waals surface area (Å²) in [5.74, 6) is -1.42. The maximum absolute atomic E-state index is 13.5. The minimum Gasteiger partial charge on any atom is -0.443 e. The third kappa shape index (κ3) is 8.35. The number of ether oxygens (including phenoxy) is 2. The van der Waals surface area contributed by atoms with Crippen molar-refractivity contribution < 1.29 is 54.5 Å². The molecule has 0 saturated heterocycles. The average molecular weight is 689 g/mol. The molecule has 0 bridgehead atoms. The summed E-state index contributed by atoms with van der Waals surface area (Å²) in [5.41, 5.74) is 0.574. The average Bonchev–Trinajstić information content (AvgIpc) is 3.22. The SMILES string of the molecule is CCn1nc(C(=O)NCC2(O)CCC(S(C)(=O)=O)CC2OC(N)=O)c(Cl)c1-c1ccc(CC(C)(C)C(F)(F)F)cc1OC(F)F. The maximum atomic E-state index is 13.5. The van der Waals surface area contributed by atoms with Crippen LogP contribution in [0.1, 0.15) is 56.1 Å². The van der Waals surface area contributed by atoms with Crippen LogP contribution in [-0.4, -0.2) is 77.8 Å². The van der Waals surface area contributed by atoms with Crippen molar-refractivity contribution in [2.75, 3.05) is 12.8 Å². The van der Waals surface area contributed by atoms with Crippen LogP contribution in [0.15, 0.2) is 18.2 Å². The number of rotatable bonds is 11. The fraction of sp³-hybridized carbons (Fsp3) is 0.593. The molecular weight excluding hydrogens is 655 g/mol. The molecule has 1 aromatic carbocycles. The monoisotopic (exact) mass is 688 g/mol. The fourth-order valence-electron chi connectivity index (χ4n) is 5.10. The Kier molecular flexibility index (Phi) is 10.7. The van der Waals surface area contributed by atoms with Crippen LogP contribution in [0.3, 0.4) is 0 Å². The van der Waals surface area contributed by atoms with E-state index in [0.29, 0.717) is 0 Å². The molecule has 1 heterocycles. The van der Waals surface area contributed by atoms with Gasteiger partial charge in [0.25, 0.3) is 5.91 Å². The molecule has 1 aliphatic carbocycles. The van der Waals surface area contributed by atoms with Gasteiger partial charge in [0, 0.05) is 24.8 Å². The van der Waals surface area contributed by atoms with Crippen molar-refractivity contribution in [1.82, 2.24) is 15.1 Å². The zero-order valence-electron chi connectivity index (χ0n) is 24.8. The van der Waals surface area contributed by atoms with E-state index in [4.69, 9.17) is 22.1 Å². The van der Waals surface area contributed by atoms with Crippen molar-refractivity contribution in [2.24, 2.45) is 11.1 Å². The number of nitrogens with zero attached hydrogens (tertiary/aromatic N) is 2. The number of aliphatic hydroxyl groups is 1. The van der Waals surface area contributed by atoms with E-state index in [0.717, 1.165) is 26.2 Å². The zero-order chi connectivity index (χ0) is 34.1. The minimum absolute atomic E-state index is 0.00224. The van der Waals surface area contributed by atoms with E-state index < -0.39 is 75.7 Å². The zero-order valence-corrected chi connectivity index (χ0v) is 26.3. The van der Waals surface area contributed by atoms with Gasteiger partial charge in [-0.3, -0.25) is 9.48 Å². The third-order valence-electron chi connectivity index (χ3n) is 7.73. The first-order valence-corrected chi connectivity index (χ1v) is 16.0. The van der Waals surface area contributed by atoms with Gasteiger partial charge in [-0.05, 0) is 43.9 Å². The lowest BCUT2D eigenvalue weighted by Crippen LogP contribution is -2.57. The van der Waals surface area contributed by atoms with Gasteiger partial charge >= 0.3 is 18.9 Å². The van der Waals surface area contributed by atoms with Crippen molar-refractivity contribution in [2.45, 2.75) is 82.7 Å². The highest BCUT2D eigenvalue weighted by atomic mass is 35.5. The summed E-state index contributed by atoms with van der Waals surface area (Å²) in [4.78, 5) is 24.7. The highest BCUT2D eigenvalue weighted by Gasteiger charge is 2.48. The summed E-state index contributed by atoms with van der Waals surface area (Å²) in [6.07, 6.45) is -7.20. The number of amides is 2. The van der Waals surface area contributed by atoms with Gasteiger partial charge in [-0.15, -0.1) is 0 Å². The number of hydrogen-bond donors (Lipinski definition) is 3. The van der Waals surface area contributed by atoms with Gasteiger partial charge in [-0.25, -0.2) is 13.2 Å². The molecule has 2 aromatic rings. The lowest BCUT2D eigenvalue weighted by molar-refractivity contribution is -0.211. The van der Waals surface area contributed by atoms with E-state index in [-0.39, 0.29) is 53.3 Å². The van der Waals surface area contributed by atoms with Crippen LogP contribution in [0.25, 0.3) is 11.3 Å². The predicted molar refractivity (Wildman–Crippen MR) is 153 cm³/mol. The Morgan fingerprint density at radius 1 is 1.29 bits per heavy atom. The molecule has 1 aliphatic rings. The molecule has 3 atom stereocenters. The summed E-state index contributed by atoms with van der Waals surface area (Å²) in [7, 11) is -3.55. The Labute approximate surface area is 261 Å². The molecule has 45 heavy (non-hydrogen) atoms. The molecular formula is C27H34ClF5N4O7S. The molecule has 11 nitrogen and oxygen atoms in total. The highest BCUT2D eigenvalue weighted by molar-refractivity contribution is 7.91. The fourth-order valence-corrected chi connectivity index (χ4v) is 6.50. The molecule has 0 radical (unpaired) electrons. The third-order valence-corrected chi connectivity index (χ3v) is 9.73. The van der Waals surface area contributed by atoms with Crippen molar-refractivity contribution in [3.63, 3.8) is 0 Å². The number of primary amides is 1. The van der Waals surface area contributed by atoms with Crippen molar-refractivity contribution >= 4 is 33.4 Å². The van der Waals surface area contributed by atoms with Gasteiger partial charge in [0.1, 0.15) is 27.3 Å². The van der Waals surface area contributed by atoms with Crippen LogP contribution in [0.5, 0.6) is 5.75 Å². The number of alkyl halides is 5. The number of halogens is 6. The molecule has 0 aliphatic heterocycles. The largest absolute Gasteiger partial charge is 0.443 e. The standard InChI is InChI=1S/C27H34ClF5N4O7S/c1-5-37-21(16-7-6-14(10-17(16)43-23(29)30)12-25(2,3)27(31,32)33)19(28)20(36-37)22(38)35-13-26(40)9-8-15(45(4,41)42)11-18(26)44-24(34)39/h6-7,10,15,18,23,40H,5,8-9,11-13H2,1-4H3,(H2,34,39)(H,35,38). The Hall–Kier alpha value is -3.18. The van der Waals surface area contributed by atoms with Crippen molar-refractivity contribution in [1.29, 1.82) is 0 Å². The number of sulfone groups is 1. The lowest BCUT2D eigenvalue weighted by Gasteiger charge is -2.41. The van der Waals surface area contributed by atoms with Gasteiger partial charge in [-0.1, -0.05) is 31.5 Å². The van der Waals surface area contributed by atoms with Gasteiger partial charge in [0.15, 0.2) is 5.69 Å². The van der Waals surface area contributed by atoms with E-state index in [2.05, 4.69) is 15.2 Å². The van der Waals surface area contributed by atoms with E-state index >= 15 is 0 Å². The molecule has 252 valence electrons.